The fraction of sp³-hybridized carbons (Fsp3) is 0.556. The summed E-state index contributed by atoms with van der Waals surface area (Å²) in [5, 5.41) is 9.34. The quantitative estimate of drug-likeness (QED) is 0.475. The first-order chi connectivity index (χ1) is 11.5. The molecule has 0 bridgehead atoms. The average Bonchev–Trinajstić information content (AvgIpc) is 2.54. The van der Waals surface area contributed by atoms with Crippen molar-refractivity contribution < 1.29 is 9.53 Å². The van der Waals surface area contributed by atoms with E-state index in [2.05, 4.69) is 33.1 Å². The number of rotatable bonds is 9. The van der Waals surface area contributed by atoms with Crippen molar-refractivity contribution in [2.75, 3.05) is 26.7 Å². The van der Waals surface area contributed by atoms with Gasteiger partial charge < -0.3 is 20.7 Å². The van der Waals surface area contributed by atoms with Crippen LogP contribution in [0.5, 0.6) is 5.75 Å². The SMILES string of the molecule is CCNC(=NCCC(=O)NC(C)C)NCCc1ccc(OC)cc1. The first-order valence-electron chi connectivity index (χ1n) is 8.49. The molecule has 0 fully saturated rings. The third kappa shape index (κ3) is 8.41. The van der Waals surface area contributed by atoms with E-state index in [4.69, 9.17) is 4.74 Å². The zero-order valence-electron chi connectivity index (χ0n) is 15.2. The number of carbonyl (C=O) groups excluding carboxylic acids is 1. The van der Waals surface area contributed by atoms with Gasteiger partial charge in [-0.05, 0) is 44.9 Å². The number of ether oxygens (including phenoxy) is 1. The minimum absolute atomic E-state index is 0.0304. The Bertz CT molecular complexity index is 512. The highest BCUT2D eigenvalue weighted by Crippen LogP contribution is 2.11. The lowest BCUT2D eigenvalue weighted by molar-refractivity contribution is -0.121. The van der Waals surface area contributed by atoms with Gasteiger partial charge in [-0.3, -0.25) is 9.79 Å². The van der Waals surface area contributed by atoms with E-state index >= 15 is 0 Å². The molecule has 1 amide bonds. The van der Waals surface area contributed by atoms with Crippen molar-refractivity contribution in [3.63, 3.8) is 0 Å². The maximum atomic E-state index is 11.6. The molecule has 0 radical (unpaired) electrons. The van der Waals surface area contributed by atoms with Gasteiger partial charge in [-0.15, -0.1) is 0 Å². The van der Waals surface area contributed by atoms with Gasteiger partial charge in [0.15, 0.2) is 5.96 Å². The second kappa shape index (κ2) is 11.3. The van der Waals surface area contributed by atoms with Gasteiger partial charge in [0.1, 0.15) is 5.75 Å². The molecular weight excluding hydrogens is 304 g/mol. The number of amides is 1. The van der Waals surface area contributed by atoms with Gasteiger partial charge in [-0.2, -0.15) is 0 Å². The maximum Gasteiger partial charge on any atom is 0.222 e. The number of aliphatic imine (C=N–C) groups is 1. The average molecular weight is 334 g/mol. The third-order valence-corrected chi connectivity index (χ3v) is 3.27. The number of hydrogen-bond donors (Lipinski definition) is 3. The molecule has 0 saturated heterocycles. The lowest BCUT2D eigenvalue weighted by atomic mass is 10.1. The summed E-state index contributed by atoms with van der Waals surface area (Å²) in [6, 6.07) is 8.20. The monoisotopic (exact) mass is 334 g/mol. The molecule has 0 aliphatic rings. The summed E-state index contributed by atoms with van der Waals surface area (Å²) in [4.78, 5) is 16.0. The van der Waals surface area contributed by atoms with Crippen LogP contribution in [0.3, 0.4) is 0 Å². The van der Waals surface area contributed by atoms with E-state index in [1.165, 1.54) is 5.56 Å². The molecule has 6 heteroatoms. The molecule has 0 aromatic heterocycles. The van der Waals surface area contributed by atoms with Crippen molar-refractivity contribution in [3.8, 4) is 5.75 Å². The highest BCUT2D eigenvalue weighted by Gasteiger charge is 2.03. The van der Waals surface area contributed by atoms with Crippen LogP contribution in [-0.4, -0.2) is 44.7 Å². The number of benzene rings is 1. The van der Waals surface area contributed by atoms with Crippen molar-refractivity contribution in [1.29, 1.82) is 0 Å². The summed E-state index contributed by atoms with van der Waals surface area (Å²) < 4.78 is 5.15. The Balaban J connectivity index is 2.38. The Labute approximate surface area is 145 Å². The third-order valence-electron chi connectivity index (χ3n) is 3.27. The van der Waals surface area contributed by atoms with E-state index in [0.717, 1.165) is 31.2 Å². The summed E-state index contributed by atoms with van der Waals surface area (Å²) in [6.45, 7) is 7.95. The minimum Gasteiger partial charge on any atom is -0.497 e. The summed E-state index contributed by atoms with van der Waals surface area (Å²) in [5.74, 6) is 1.63. The van der Waals surface area contributed by atoms with E-state index in [-0.39, 0.29) is 11.9 Å². The van der Waals surface area contributed by atoms with Gasteiger partial charge >= 0.3 is 0 Å². The molecule has 0 aliphatic carbocycles. The van der Waals surface area contributed by atoms with E-state index in [1.807, 2.05) is 32.9 Å². The van der Waals surface area contributed by atoms with E-state index in [9.17, 15) is 4.79 Å². The first kappa shape index (κ1) is 19.8. The van der Waals surface area contributed by atoms with E-state index in [1.54, 1.807) is 7.11 Å². The Morgan fingerprint density at radius 2 is 1.92 bits per heavy atom. The van der Waals surface area contributed by atoms with Crippen LogP contribution in [0.15, 0.2) is 29.3 Å². The van der Waals surface area contributed by atoms with Gasteiger partial charge in [0, 0.05) is 25.6 Å². The number of nitrogens with zero attached hydrogens (tertiary/aromatic N) is 1. The zero-order valence-corrected chi connectivity index (χ0v) is 15.2. The predicted octanol–water partition coefficient (Wildman–Crippen LogP) is 1.71. The molecule has 0 saturated carbocycles. The van der Waals surface area contributed by atoms with Crippen LogP contribution in [0.1, 0.15) is 32.8 Å². The molecule has 134 valence electrons. The second-order valence-electron chi connectivity index (χ2n) is 5.76. The number of guanidine groups is 1. The Morgan fingerprint density at radius 3 is 2.50 bits per heavy atom. The molecule has 1 aromatic carbocycles. The van der Waals surface area contributed by atoms with E-state index < -0.39 is 0 Å². The Kier molecular flexibility index (Phi) is 9.34. The van der Waals surface area contributed by atoms with Crippen LogP contribution in [0.25, 0.3) is 0 Å². The first-order valence-corrected chi connectivity index (χ1v) is 8.49. The van der Waals surface area contributed by atoms with Gasteiger partial charge in [-0.25, -0.2) is 0 Å². The van der Waals surface area contributed by atoms with Gasteiger partial charge in [0.25, 0.3) is 0 Å². The van der Waals surface area contributed by atoms with Gasteiger partial charge in [0.2, 0.25) is 5.91 Å². The summed E-state index contributed by atoms with van der Waals surface area (Å²) in [5.41, 5.74) is 1.23. The number of methoxy groups -OCH3 is 1. The number of hydrogen-bond acceptors (Lipinski definition) is 3. The molecule has 24 heavy (non-hydrogen) atoms. The number of carbonyl (C=O) groups is 1. The highest BCUT2D eigenvalue weighted by molar-refractivity contribution is 5.80. The fourth-order valence-corrected chi connectivity index (χ4v) is 2.12. The molecule has 1 aromatic rings. The molecular formula is C18H30N4O2. The van der Waals surface area contributed by atoms with Crippen molar-refractivity contribution in [3.05, 3.63) is 29.8 Å². The summed E-state index contributed by atoms with van der Waals surface area (Å²) in [7, 11) is 1.66. The van der Waals surface area contributed by atoms with E-state index in [0.29, 0.717) is 13.0 Å². The predicted molar refractivity (Wildman–Crippen MR) is 98.6 cm³/mol. The lowest BCUT2D eigenvalue weighted by Crippen LogP contribution is -2.38. The molecule has 0 unspecified atom stereocenters. The summed E-state index contributed by atoms with van der Waals surface area (Å²) >= 11 is 0. The molecule has 0 aliphatic heterocycles. The van der Waals surface area contributed by atoms with Crippen LogP contribution < -0.4 is 20.7 Å². The molecule has 1 rings (SSSR count). The van der Waals surface area contributed by atoms with Crippen LogP contribution in [-0.2, 0) is 11.2 Å². The van der Waals surface area contributed by atoms with Crippen LogP contribution in [0.2, 0.25) is 0 Å². The standard InChI is InChI=1S/C18H30N4O2/c1-5-19-18(21-13-11-17(23)22-14(2)3)20-12-10-15-6-8-16(24-4)9-7-15/h6-9,14H,5,10-13H2,1-4H3,(H,22,23)(H2,19,20,21). The Hall–Kier alpha value is -2.24. The van der Waals surface area contributed by atoms with Crippen LogP contribution in [0, 0.1) is 0 Å². The van der Waals surface area contributed by atoms with Crippen LogP contribution >= 0.6 is 0 Å². The summed E-state index contributed by atoms with van der Waals surface area (Å²) in [6.07, 6.45) is 1.29. The normalized spacial score (nSPS) is 11.3. The molecule has 6 nitrogen and oxygen atoms in total. The fourth-order valence-electron chi connectivity index (χ4n) is 2.12. The van der Waals surface area contributed by atoms with Crippen molar-refractivity contribution in [2.24, 2.45) is 4.99 Å². The topological polar surface area (TPSA) is 74.8 Å². The van der Waals surface area contributed by atoms with Crippen molar-refractivity contribution in [2.45, 2.75) is 39.7 Å². The molecule has 3 N–H and O–H groups in total. The smallest absolute Gasteiger partial charge is 0.222 e. The minimum atomic E-state index is 0.0304. The Morgan fingerprint density at radius 1 is 1.21 bits per heavy atom. The highest BCUT2D eigenvalue weighted by atomic mass is 16.5. The second-order valence-corrected chi connectivity index (χ2v) is 5.76. The van der Waals surface area contributed by atoms with Gasteiger partial charge in [-0.1, -0.05) is 12.1 Å². The molecule has 0 heterocycles. The molecule has 0 spiro atoms. The lowest BCUT2D eigenvalue weighted by Gasteiger charge is -2.12. The van der Waals surface area contributed by atoms with Crippen molar-refractivity contribution >= 4 is 11.9 Å². The largest absolute Gasteiger partial charge is 0.497 e. The zero-order chi connectivity index (χ0) is 17.8. The van der Waals surface area contributed by atoms with Crippen LogP contribution in [0.4, 0.5) is 0 Å². The maximum absolute atomic E-state index is 11.6. The van der Waals surface area contributed by atoms with Gasteiger partial charge in [0.05, 0.1) is 13.7 Å². The molecule has 0 atom stereocenters. The number of nitrogens with one attached hydrogen (secondary N) is 3. The van der Waals surface area contributed by atoms with Crippen molar-refractivity contribution in [1.82, 2.24) is 16.0 Å².